The van der Waals surface area contributed by atoms with Crippen molar-refractivity contribution in [3.05, 3.63) is 42.0 Å². The van der Waals surface area contributed by atoms with E-state index in [1.165, 1.54) is 0 Å². The van der Waals surface area contributed by atoms with Gasteiger partial charge in [-0.2, -0.15) is 4.98 Å². The number of aromatic nitrogens is 2. The lowest BCUT2D eigenvalue weighted by Gasteiger charge is -2.34. The Balaban J connectivity index is 1.64. The number of benzene rings is 1. The molecule has 0 spiro atoms. The van der Waals surface area contributed by atoms with Crippen LogP contribution < -0.4 is 5.32 Å². The summed E-state index contributed by atoms with van der Waals surface area (Å²) in [5.74, 6) is 1.39. The fourth-order valence-electron chi connectivity index (χ4n) is 3.20. The van der Waals surface area contributed by atoms with Gasteiger partial charge in [-0.25, -0.2) is 0 Å². The van der Waals surface area contributed by atoms with Gasteiger partial charge in [-0.05, 0) is 38.4 Å². The summed E-state index contributed by atoms with van der Waals surface area (Å²) in [7, 11) is 0. The molecule has 1 aliphatic rings. The third-order valence-corrected chi connectivity index (χ3v) is 4.88. The van der Waals surface area contributed by atoms with Gasteiger partial charge in [0.2, 0.25) is 11.8 Å². The molecule has 3 rings (SSSR count). The first-order chi connectivity index (χ1) is 12.3. The van der Waals surface area contributed by atoms with Crippen LogP contribution in [0.15, 0.2) is 34.9 Å². The van der Waals surface area contributed by atoms with Gasteiger partial charge in [-0.1, -0.05) is 44.1 Å². The zero-order valence-electron chi connectivity index (χ0n) is 16.0. The number of para-hydroxylation sites is 1. The molecule has 1 saturated heterocycles. The summed E-state index contributed by atoms with van der Waals surface area (Å²) < 4.78 is 5.49. The molecule has 2 unspecified atom stereocenters. The second-order valence-corrected chi connectivity index (χ2v) is 8.07. The number of hydrogen-bond acceptors (Lipinski definition) is 5. The van der Waals surface area contributed by atoms with Crippen LogP contribution in [0.3, 0.4) is 0 Å². The van der Waals surface area contributed by atoms with E-state index in [1.807, 2.05) is 30.3 Å². The van der Waals surface area contributed by atoms with Gasteiger partial charge in [-0.15, -0.1) is 0 Å². The van der Waals surface area contributed by atoms with Gasteiger partial charge in [0.1, 0.15) is 0 Å². The van der Waals surface area contributed by atoms with E-state index >= 15 is 0 Å². The van der Waals surface area contributed by atoms with Crippen LogP contribution in [0, 0.1) is 5.92 Å². The Morgan fingerprint density at radius 1 is 1.31 bits per heavy atom. The van der Waals surface area contributed by atoms with Crippen molar-refractivity contribution in [1.82, 2.24) is 15.0 Å². The molecule has 6 heteroatoms. The lowest BCUT2D eigenvalue weighted by atomic mass is 9.95. The van der Waals surface area contributed by atoms with Gasteiger partial charge >= 0.3 is 0 Å². The molecule has 6 nitrogen and oxygen atoms in total. The van der Waals surface area contributed by atoms with E-state index in [2.05, 4.69) is 48.1 Å². The topological polar surface area (TPSA) is 71.3 Å². The highest BCUT2D eigenvalue weighted by Crippen LogP contribution is 2.28. The molecule has 2 heterocycles. The zero-order chi connectivity index (χ0) is 18.7. The molecule has 1 amide bonds. The maximum absolute atomic E-state index is 12.6. The minimum Gasteiger partial charge on any atom is -0.338 e. The zero-order valence-corrected chi connectivity index (χ0v) is 16.0. The second kappa shape index (κ2) is 7.58. The highest BCUT2D eigenvalue weighted by molar-refractivity contribution is 5.92. The van der Waals surface area contributed by atoms with Crippen molar-refractivity contribution in [3.63, 3.8) is 0 Å². The van der Waals surface area contributed by atoms with Gasteiger partial charge in [0.15, 0.2) is 5.82 Å². The van der Waals surface area contributed by atoms with E-state index < -0.39 is 0 Å². The number of rotatable bonds is 4. The summed E-state index contributed by atoms with van der Waals surface area (Å²) >= 11 is 0. The summed E-state index contributed by atoms with van der Waals surface area (Å²) in [6.07, 6.45) is 1.89. The summed E-state index contributed by atoms with van der Waals surface area (Å²) in [5, 5.41) is 7.14. The molecule has 1 aromatic carbocycles. The standard InChI is InChI=1S/C20H28N4O2/c1-14(18-22-19(23-26-18)20(2,3)4)24-12-8-9-15(13-24)17(25)21-16-10-6-5-7-11-16/h5-7,10-11,14-15H,8-9,12-13H2,1-4H3,(H,21,25). The molecule has 2 aromatic rings. The van der Waals surface area contributed by atoms with E-state index in [1.54, 1.807) is 0 Å². The first kappa shape index (κ1) is 18.6. The van der Waals surface area contributed by atoms with E-state index in [4.69, 9.17) is 4.52 Å². The molecule has 0 saturated carbocycles. The number of amides is 1. The Morgan fingerprint density at radius 3 is 2.69 bits per heavy atom. The second-order valence-electron chi connectivity index (χ2n) is 8.07. The van der Waals surface area contributed by atoms with Crippen LogP contribution in [0.2, 0.25) is 0 Å². The van der Waals surface area contributed by atoms with Gasteiger partial charge in [0.25, 0.3) is 0 Å². The number of anilines is 1. The van der Waals surface area contributed by atoms with Gasteiger partial charge in [-0.3, -0.25) is 9.69 Å². The molecule has 140 valence electrons. The fraction of sp³-hybridized carbons (Fsp3) is 0.550. The third kappa shape index (κ3) is 4.30. The number of carbonyl (C=O) groups is 1. The van der Waals surface area contributed by atoms with E-state index in [9.17, 15) is 4.79 Å². The average Bonchev–Trinajstić information content (AvgIpc) is 3.12. The minimum atomic E-state index is -0.137. The monoisotopic (exact) mass is 356 g/mol. The van der Waals surface area contributed by atoms with Gasteiger partial charge < -0.3 is 9.84 Å². The van der Waals surface area contributed by atoms with Crippen LogP contribution in [0.4, 0.5) is 5.69 Å². The molecule has 2 atom stereocenters. The number of hydrogen-bond donors (Lipinski definition) is 1. The lowest BCUT2D eigenvalue weighted by Crippen LogP contribution is -2.42. The summed E-state index contributed by atoms with van der Waals surface area (Å²) in [6, 6.07) is 9.61. The van der Waals surface area contributed by atoms with Crippen LogP contribution in [-0.2, 0) is 10.2 Å². The van der Waals surface area contributed by atoms with Crippen LogP contribution in [-0.4, -0.2) is 34.0 Å². The number of nitrogens with one attached hydrogen (secondary N) is 1. The van der Waals surface area contributed by atoms with Crippen LogP contribution >= 0.6 is 0 Å². The summed E-state index contributed by atoms with van der Waals surface area (Å²) in [6.45, 7) is 9.90. The molecule has 0 radical (unpaired) electrons. The first-order valence-corrected chi connectivity index (χ1v) is 9.28. The number of likely N-dealkylation sites (tertiary alicyclic amines) is 1. The quantitative estimate of drug-likeness (QED) is 0.903. The molecular formula is C20H28N4O2. The number of nitrogens with zero attached hydrogens (tertiary/aromatic N) is 3. The van der Waals surface area contributed by atoms with E-state index in [0.717, 1.165) is 30.9 Å². The molecule has 1 aliphatic heterocycles. The van der Waals surface area contributed by atoms with Crippen LogP contribution in [0.5, 0.6) is 0 Å². The molecule has 1 fully saturated rings. The molecule has 26 heavy (non-hydrogen) atoms. The molecule has 1 aromatic heterocycles. The maximum atomic E-state index is 12.6. The van der Waals surface area contributed by atoms with Crippen molar-refractivity contribution in [1.29, 1.82) is 0 Å². The van der Waals surface area contributed by atoms with E-state index in [-0.39, 0.29) is 23.3 Å². The Bertz CT molecular complexity index is 736. The predicted octanol–water partition coefficient (Wildman–Crippen LogP) is 3.78. The molecule has 0 bridgehead atoms. The Kier molecular flexibility index (Phi) is 5.41. The maximum Gasteiger partial charge on any atom is 0.243 e. The molecular weight excluding hydrogens is 328 g/mol. The first-order valence-electron chi connectivity index (χ1n) is 9.28. The number of piperidine rings is 1. The normalized spacial score (nSPS) is 19.9. The van der Waals surface area contributed by atoms with Crippen LogP contribution in [0.25, 0.3) is 0 Å². The fourth-order valence-corrected chi connectivity index (χ4v) is 3.20. The molecule has 1 N–H and O–H groups in total. The Labute approximate surface area is 155 Å². The Hall–Kier alpha value is -2.21. The third-order valence-electron chi connectivity index (χ3n) is 4.88. The largest absolute Gasteiger partial charge is 0.338 e. The minimum absolute atomic E-state index is 0.00549. The van der Waals surface area contributed by atoms with Crippen molar-refractivity contribution >= 4 is 11.6 Å². The van der Waals surface area contributed by atoms with Crippen LogP contribution in [0.1, 0.15) is 58.3 Å². The molecule has 0 aliphatic carbocycles. The summed E-state index contributed by atoms with van der Waals surface area (Å²) in [4.78, 5) is 19.5. The van der Waals surface area contributed by atoms with Gasteiger partial charge in [0, 0.05) is 17.6 Å². The number of carbonyl (C=O) groups excluding carboxylic acids is 1. The van der Waals surface area contributed by atoms with Crippen molar-refractivity contribution < 1.29 is 9.32 Å². The Morgan fingerprint density at radius 2 is 2.04 bits per heavy atom. The van der Waals surface area contributed by atoms with Crippen molar-refractivity contribution in [3.8, 4) is 0 Å². The van der Waals surface area contributed by atoms with Crippen molar-refractivity contribution in [2.45, 2.75) is 52.0 Å². The lowest BCUT2D eigenvalue weighted by molar-refractivity contribution is -0.121. The highest BCUT2D eigenvalue weighted by atomic mass is 16.5. The predicted molar refractivity (Wildman–Crippen MR) is 101 cm³/mol. The average molecular weight is 356 g/mol. The van der Waals surface area contributed by atoms with E-state index in [0.29, 0.717) is 12.4 Å². The smallest absolute Gasteiger partial charge is 0.243 e. The highest BCUT2D eigenvalue weighted by Gasteiger charge is 2.32. The van der Waals surface area contributed by atoms with Gasteiger partial charge in [0.05, 0.1) is 12.0 Å². The van der Waals surface area contributed by atoms with Crippen molar-refractivity contribution in [2.24, 2.45) is 5.92 Å². The van der Waals surface area contributed by atoms with Crippen molar-refractivity contribution in [2.75, 3.05) is 18.4 Å². The SMILES string of the molecule is CC(c1nc(C(C)(C)C)no1)N1CCCC(C(=O)Nc2ccccc2)C1. The summed E-state index contributed by atoms with van der Waals surface area (Å²) in [5.41, 5.74) is 0.705.